The maximum atomic E-state index is 13.2. The van der Waals surface area contributed by atoms with Crippen LogP contribution in [0.3, 0.4) is 0 Å². The van der Waals surface area contributed by atoms with E-state index in [0.717, 1.165) is 12.8 Å². The minimum atomic E-state index is -3.74. The summed E-state index contributed by atoms with van der Waals surface area (Å²) >= 11 is 12.1. The third-order valence-electron chi connectivity index (χ3n) is 6.63. The van der Waals surface area contributed by atoms with E-state index in [-0.39, 0.29) is 27.9 Å². The van der Waals surface area contributed by atoms with Crippen LogP contribution in [0.25, 0.3) is 0 Å². The minimum absolute atomic E-state index is 0.00740. The fraction of sp³-hybridized carbons (Fsp3) is 0.458. The lowest BCUT2D eigenvalue weighted by Crippen LogP contribution is -2.44. The summed E-state index contributed by atoms with van der Waals surface area (Å²) in [5.74, 6) is -1.01. The number of anilines is 1. The van der Waals surface area contributed by atoms with Crippen LogP contribution in [0, 0.1) is 5.92 Å². The van der Waals surface area contributed by atoms with E-state index in [1.807, 2.05) is 0 Å². The molecule has 13 heteroatoms. The van der Waals surface area contributed by atoms with Crippen molar-refractivity contribution in [2.45, 2.75) is 36.3 Å². The molecule has 1 atom stereocenters. The average Bonchev–Trinajstić information content (AvgIpc) is 3.42. The van der Waals surface area contributed by atoms with Crippen molar-refractivity contribution in [3.05, 3.63) is 52.0 Å². The fourth-order valence-electron chi connectivity index (χ4n) is 4.59. The standard InChI is InChI=1S/C24H29Cl2N3O6S2/c1-35-23-9-8-20(37(33,34)28-10-2-3-11-28)14-22(23)27-24(30)17-5-4-12-29(15-17)36(31,32)16-18-6-7-19(25)13-21(18)26/h6-9,13-14,17H,2-5,10-12,15-16H2,1H3,(H,27,30)/t17-/m1/s1. The predicted octanol–water partition coefficient (Wildman–Crippen LogP) is 3.97. The van der Waals surface area contributed by atoms with Gasteiger partial charge in [0.15, 0.2) is 0 Å². The Balaban J connectivity index is 1.49. The van der Waals surface area contributed by atoms with Crippen LogP contribution in [0.5, 0.6) is 5.75 Å². The van der Waals surface area contributed by atoms with Crippen molar-refractivity contribution < 1.29 is 26.4 Å². The van der Waals surface area contributed by atoms with E-state index in [9.17, 15) is 21.6 Å². The number of hydrogen-bond donors (Lipinski definition) is 1. The van der Waals surface area contributed by atoms with Crippen molar-refractivity contribution >= 4 is 54.8 Å². The van der Waals surface area contributed by atoms with Gasteiger partial charge in [-0.2, -0.15) is 4.31 Å². The van der Waals surface area contributed by atoms with Crippen LogP contribution >= 0.6 is 23.2 Å². The van der Waals surface area contributed by atoms with Crippen LogP contribution in [0.4, 0.5) is 5.69 Å². The minimum Gasteiger partial charge on any atom is -0.495 e. The molecule has 2 aromatic carbocycles. The molecule has 2 aromatic rings. The molecule has 4 rings (SSSR count). The molecule has 2 aliphatic heterocycles. The molecule has 0 radical (unpaired) electrons. The smallest absolute Gasteiger partial charge is 0.243 e. The number of carbonyl (C=O) groups excluding carboxylic acids is 1. The van der Waals surface area contributed by atoms with Gasteiger partial charge >= 0.3 is 0 Å². The second-order valence-electron chi connectivity index (χ2n) is 9.15. The van der Waals surface area contributed by atoms with E-state index < -0.39 is 31.9 Å². The summed E-state index contributed by atoms with van der Waals surface area (Å²) in [6.07, 6.45) is 2.62. The fourth-order valence-corrected chi connectivity index (χ4v) is 8.33. The predicted molar refractivity (Wildman–Crippen MR) is 143 cm³/mol. The number of carbonyl (C=O) groups is 1. The maximum absolute atomic E-state index is 13.2. The Morgan fingerprint density at radius 1 is 1.00 bits per heavy atom. The van der Waals surface area contributed by atoms with Gasteiger partial charge in [0.2, 0.25) is 26.0 Å². The molecule has 37 heavy (non-hydrogen) atoms. The van der Waals surface area contributed by atoms with Crippen molar-refractivity contribution in [3.63, 3.8) is 0 Å². The Labute approximate surface area is 227 Å². The molecule has 1 amide bonds. The van der Waals surface area contributed by atoms with Gasteiger partial charge in [0.25, 0.3) is 0 Å². The zero-order valence-electron chi connectivity index (χ0n) is 20.3. The zero-order chi connectivity index (χ0) is 26.8. The summed E-state index contributed by atoms with van der Waals surface area (Å²) in [5, 5.41) is 3.44. The number of hydrogen-bond acceptors (Lipinski definition) is 6. The highest BCUT2D eigenvalue weighted by Crippen LogP contribution is 2.32. The lowest BCUT2D eigenvalue weighted by atomic mass is 9.98. The van der Waals surface area contributed by atoms with Crippen LogP contribution in [0.2, 0.25) is 10.0 Å². The van der Waals surface area contributed by atoms with E-state index in [1.165, 1.54) is 40.0 Å². The van der Waals surface area contributed by atoms with E-state index in [4.69, 9.17) is 27.9 Å². The molecule has 0 unspecified atom stereocenters. The first-order valence-corrected chi connectivity index (χ1v) is 15.7. The van der Waals surface area contributed by atoms with Gasteiger partial charge in [0, 0.05) is 36.2 Å². The molecule has 1 N–H and O–H groups in total. The Morgan fingerprint density at radius 3 is 2.38 bits per heavy atom. The highest BCUT2D eigenvalue weighted by Gasteiger charge is 2.34. The molecule has 2 fully saturated rings. The summed E-state index contributed by atoms with van der Waals surface area (Å²) in [4.78, 5) is 13.3. The Hall–Kier alpha value is -1.89. The van der Waals surface area contributed by atoms with E-state index in [2.05, 4.69) is 5.32 Å². The number of nitrogens with one attached hydrogen (secondary N) is 1. The number of sulfonamides is 2. The Morgan fingerprint density at radius 2 is 1.70 bits per heavy atom. The van der Waals surface area contributed by atoms with Gasteiger partial charge in [0.1, 0.15) is 5.75 Å². The average molecular weight is 591 g/mol. The molecule has 9 nitrogen and oxygen atoms in total. The summed E-state index contributed by atoms with van der Waals surface area (Å²) in [7, 11) is -6.01. The largest absolute Gasteiger partial charge is 0.495 e. The number of amides is 1. The number of benzene rings is 2. The van der Waals surface area contributed by atoms with Crippen molar-refractivity contribution in [1.29, 1.82) is 0 Å². The quantitative estimate of drug-likeness (QED) is 0.498. The molecule has 0 aliphatic carbocycles. The number of piperidine rings is 1. The summed E-state index contributed by atoms with van der Waals surface area (Å²) in [5.41, 5.74) is 0.652. The monoisotopic (exact) mass is 589 g/mol. The molecule has 0 saturated carbocycles. The highest BCUT2D eigenvalue weighted by molar-refractivity contribution is 7.89. The second-order valence-corrected chi connectivity index (χ2v) is 13.9. The van der Waals surface area contributed by atoms with Gasteiger partial charge in [-0.3, -0.25) is 4.79 Å². The number of nitrogens with zero attached hydrogens (tertiary/aromatic N) is 2. The number of methoxy groups -OCH3 is 1. The first-order valence-electron chi connectivity index (χ1n) is 11.9. The second kappa shape index (κ2) is 11.5. The van der Waals surface area contributed by atoms with Crippen molar-refractivity contribution in [2.24, 2.45) is 5.92 Å². The third-order valence-corrected chi connectivity index (χ3v) is 10.9. The van der Waals surface area contributed by atoms with Gasteiger partial charge in [-0.1, -0.05) is 29.3 Å². The zero-order valence-corrected chi connectivity index (χ0v) is 23.5. The molecule has 2 saturated heterocycles. The number of rotatable bonds is 8. The van der Waals surface area contributed by atoms with Gasteiger partial charge in [-0.05, 0) is 61.6 Å². The van der Waals surface area contributed by atoms with E-state index in [1.54, 1.807) is 12.1 Å². The molecule has 0 spiro atoms. The van der Waals surface area contributed by atoms with Gasteiger partial charge in [-0.25, -0.2) is 21.1 Å². The lowest BCUT2D eigenvalue weighted by Gasteiger charge is -2.31. The van der Waals surface area contributed by atoms with Crippen molar-refractivity contribution in [2.75, 3.05) is 38.6 Å². The van der Waals surface area contributed by atoms with Crippen LogP contribution in [-0.2, 0) is 30.6 Å². The summed E-state index contributed by atoms with van der Waals surface area (Å²) in [6, 6.07) is 9.00. The van der Waals surface area contributed by atoms with E-state index >= 15 is 0 Å². The Kier molecular flexibility index (Phi) is 8.72. The van der Waals surface area contributed by atoms with Gasteiger partial charge in [-0.15, -0.1) is 0 Å². The normalized spacial score (nSPS) is 19.6. The third kappa shape index (κ3) is 6.40. The molecule has 0 aromatic heterocycles. The molecular formula is C24H29Cl2N3O6S2. The lowest BCUT2D eigenvalue weighted by molar-refractivity contribution is -0.120. The van der Waals surface area contributed by atoms with Crippen LogP contribution in [-0.4, -0.2) is 64.6 Å². The van der Waals surface area contributed by atoms with Crippen molar-refractivity contribution in [1.82, 2.24) is 8.61 Å². The first-order chi connectivity index (χ1) is 17.5. The highest BCUT2D eigenvalue weighted by atomic mass is 35.5. The molecule has 2 heterocycles. The van der Waals surface area contributed by atoms with Crippen molar-refractivity contribution in [3.8, 4) is 5.75 Å². The van der Waals surface area contributed by atoms with Crippen LogP contribution < -0.4 is 10.1 Å². The Bertz CT molecular complexity index is 1380. The van der Waals surface area contributed by atoms with Crippen LogP contribution in [0.15, 0.2) is 41.3 Å². The SMILES string of the molecule is COc1ccc(S(=O)(=O)N2CCCC2)cc1NC(=O)[C@@H]1CCCN(S(=O)(=O)Cc2ccc(Cl)cc2Cl)C1. The van der Waals surface area contributed by atoms with E-state index in [0.29, 0.717) is 48.8 Å². The topological polar surface area (TPSA) is 113 Å². The molecular weight excluding hydrogens is 561 g/mol. The number of ether oxygens (including phenoxy) is 1. The first kappa shape index (κ1) is 28.1. The van der Waals surface area contributed by atoms with Gasteiger partial charge in [0.05, 0.1) is 29.4 Å². The maximum Gasteiger partial charge on any atom is 0.243 e. The summed E-state index contributed by atoms with van der Waals surface area (Å²) in [6.45, 7) is 1.23. The van der Waals surface area contributed by atoms with Gasteiger partial charge < -0.3 is 10.1 Å². The molecule has 2 aliphatic rings. The molecule has 202 valence electrons. The van der Waals surface area contributed by atoms with Crippen LogP contribution in [0.1, 0.15) is 31.2 Å². The number of halogens is 2. The molecule has 0 bridgehead atoms. The summed E-state index contributed by atoms with van der Waals surface area (Å²) < 4.78 is 60.3.